The molecule has 0 radical (unpaired) electrons. The van der Waals surface area contributed by atoms with Crippen LogP contribution in [0.4, 0.5) is 5.69 Å². The van der Waals surface area contributed by atoms with Crippen LogP contribution >= 0.6 is 0 Å². The number of amides is 1. The van der Waals surface area contributed by atoms with Crippen molar-refractivity contribution in [3.63, 3.8) is 0 Å². The van der Waals surface area contributed by atoms with Crippen molar-refractivity contribution in [3.8, 4) is 0 Å². The Morgan fingerprint density at radius 2 is 1.80 bits per heavy atom. The van der Waals surface area contributed by atoms with Crippen molar-refractivity contribution < 1.29 is 22.7 Å². The highest BCUT2D eigenvalue weighted by Crippen LogP contribution is 2.34. The number of sulfonamides is 1. The summed E-state index contributed by atoms with van der Waals surface area (Å²) in [4.78, 5) is 25.5. The van der Waals surface area contributed by atoms with Gasteiger partial charge in [0.1, 0.15) is 0 Å². The van der Waals surface area contributed by atoms with Gasteiger partial charge >= 0.3 is 5.97 Å². The molecule has 3 aliphatic heterocycles. The number of esters is 1. The van der Waals surface area contributed by atoms with Crippen molar-refractivity contribution in [2.75, 3.05) is 31.1 Å². The monoisotopic (exact) mass is 364 g/mol. The van der Waals surface area contributed by atoms with Crippen LogP contribution in [0.3, 0.4) is 0 Å². The molecule has 3 aliphatic rings. The minimum atomic E-state index is -3.64. The average Bonchev–Trinajstić information content (AvgIpc) is 3.18. The van der Waals surface area contributed by atoms with E-state index < -0.39 is 10.0 Å². The SMILES string of the molecule is O=C1OC[C@H]2CN(S(=O)(=O)c3ccc(N4CCCCC4=O)cc3)C[C@@H]12. The van der Waals surface area contributed by atoms with Crippen LogP contribution in [0, 0.1) is 11.8 Å². The fourth-order valence-corrected chi connectivity index (χ4v) is 5.31. The summed E-state index contributed by atoms with van der Waals surface area (Å²) in [7, 11) is -3.64. The molecule has 3 fully saturated rings. The number of carbonyl (C=O) groups excluding carboxylic acids is 2. The fraction of sp³-hybridized carbons (Fsp3) is 0.529. The quantitative estimate of drug-likeness (QED) is 0.747. The molecule has 3 saturated heterocycles. The Hall–Kier alpha value is -1.93. The van der Waals surface area contributed by atoms with Crippen LogP contribution in [-0.4, -0.2) is 50.8 Å². The van der Waals surface area contributed by atoms with Gasteiger partial charge in [-0.25, -0.2) is 8.42 Å². The number of cyclic esters (lactones) is 1. The summed E-state index contributed by atoms with van der Waals surface area (Å²) in [6.45, 7) is 1.46. The summed E-state index contributed by atoms with van der Waals surface area (Å²) >= 11 is 0. The highest BCUT2D eigenvalue weighted by molar-refractivity contribution is 7.89. The van der Waals surface area contributed by atoms with Crippen molar-refractivity contribution in [1.29, 1.82) is 0 Å². The number of anilines is 1. The number of carbonyl (C=O) groups is 2. The van der Waals surface area contributed by atoms with Gasteiger partial charge in [0.05, 0.1) is 17.4 Å². The second-order valence-electron chi connectivity index (χ2n) is 6.82. The normalized spacial score (nSPS) is 27.4. The third-order valence-electron chi connectivity index (χ3n) is 5.26. The molecule has 0 aromatic heterocycles. The first-order valence-corrected chi connectivity index (χ1v) is 9.98. The van der Waals surface area contributed by atoms with Gasteiger partial charge in [-0.3, -0.25) is 9.59 Å². The number of ether oxygens (including phenoxy) is 1. The van der Waals surface area contributed by atoms with Gasteiger partial charge in [-0.15, -0.1) is 0 Å². The molecule has 1 amide bonds. The number of fused-ring (bicyclic) bond motifs is 1. The smallest absolute Gasteiger partial charge is 0.310 e. The maximum absolute atomic E-state index is 12.8. The van der Waals surface area contributed by atoms with Crippen LogP contribution in [0.5, 0.6) is 0 Å². The molecule has 8 heteroatoms. The van der Waals surface area contributed by atoms with Gasteiger partial charge in [-0.05, 0) is 37.1 Å². The van der Waals surface area contributed by atoms with Gasteiger partial charge in [0.15, 0.2) is 0 Å². The van der Waals surface area contributed by atoms with Crippen LogP contribution < -0.4 is 4.90 Å². The summed E-state index contributed by atoms with van der Waals surface area (Å²) in [5.41, 5.74) is 0.727. The second kappa shape index (κ2) is 6.10. The van der Waals surface area contributed by atoms with E-state index in [1.807, 2.05) is 0 Å². The van der Waals surface area contributed by atoms with Gasteiger partial charge < -0.3 is 9.64 Å². The van der Waals surface area contributed by atoms with E-state index >= 15 is 0 Å². The third-order valence-corrected chi connectivity index (χ3v) is 7.11. The Labute approximate surface area is 146 Å². The Morgan fingerprint density at radius 3 is 2.48 bits per heavy atom. The van der Waals surface area contributed by atoms with Gasteiger partial charge in [0.25, 0.3) is 0 Å². The lowest BCUT2D eigenvalue weighted by Crippen LogP contribution is -2.35. The minimum Gasteiger partial charge on any atom is -0.465 e. The van der Waals surface area contributed by atoms with E-state index in [9.17, 15) is 18.0 Å². The maximum Gasteiger partial charge on any atom is 0.310 e. The molecule has 7 nitrogen and oxygen atoms in total. The van der Waals surface area contributed by atoms with Crippen molar-refractivity contribution in [1.82, 2.24) is 4.31 Å². The molecule has 0 bridgehead atoms. The molecule has 0 unspecified atom stereocenters. The molecule has 4 rings (SSSR count). The van der Waals surface area contributed by atoms with Gasteiger partial charge in [-0.1, -0.05) is 0 Å². The summed E-state index contributed by atoms with van der Waals surface area (Å²) < 4.78 is 32.0. The highest BCUT2D eigenvalue weighted by Gasteiger charge is 2.47. The summed E-state index contributed by atoms with van der Waals surface area (Å²) in [5, 5.41) is 0. The third kappa shape index (κ3) is 2.83. The predicted molar refractivity (Wildman–Crippen MR) is 89.3 cm³/mol. The molecule has 1 aromatic rings. The number of hydrogen-bond donors (Lipinski definition) is 0. The van der Waals surface area contributed by atoms with Gasteiger partial charge in [0, 0.05) is 37.7 Å². The Bertz CT molecular complexity index is 805. The van der Waals surface area contributed by atoms with Crippen LogP contribution in [0.25, 0.3) is 0 Å². The molecule has 1 aromatic carbocycles. The number of benzene rings is 1. The summed E-state index contributed by atoms with van der Waals surface area (Å²) in [6, 6.07) is 6.44. The minimum absolute atomic E-state index is 0.0486. The number of nitrogens with zero attached hydrogens (tertiary/aromatic N) is 2. The van der Waals surface area contributed by atoms with Crippen molar-refractivity contribution in [2.24, 2.45) is 11.8 Å². The van der Waals surface area contributed by atoms with Crippen LogP contribution in [0.2, 0.25) is 0 Å². The summed E-state index contributed by atoms with van der Waals surface area (Å²) in [6.07, 6.45) is 2.40. The Kier molecular flexibility index (Phi) is 4.04. The van der Waals surface area contributed by atoms with Crippen LogP contribution in [-0.2, 0) is 24.3 Å². The van der Waals surface area contributed by atoms with E-state index in [1.54, 1.807) is 29.2 Å². The zero-order valence-corrected chi connectivity index (χ0v) is 14.6. The van der Waals surface area contributed by atoms with E-state index in [0.717, 1.165) is 18.5 Å². The zero-order chi connectivity index (χ0) is 17.6. The van der Waals surface area contributed by atoms with Crippen molar-refractivity contribution in [3.05, 3.63) is 24.3 Å². The lowest BCUT2D eigenvalue weighted by molar-refractivity contribution is -0.141. The first-order valence-electron chi connectivity index (χ1n) is 8.54. The fourth-order valence-electron chi connectivity index (χ4n) is 3.79. The Morgan fingerprint density at radius 1 is 1.04 bits per heavy atom. The molecular formula is C17H20N2O5S. The topological polar surface area (TPSA) is 84.0 Å². The van der Waals surface area contributed by atoms with E-state index in [1.165, 1.54) is 4.31 Å². The van der Waals surface area contributed by atoms with Crippen LogP contribution in [0.1, 0.15) is 19.3 Å². The Balaban J connectivity index is 1.53. The molecule has 0 saturated carbocycles. The molecule has 2 atom stereocenters. The largest absolute Gasteiger partial charge is 0.465 e. The molecule has 0 spiro atoms. The highest BCUT2D eigenvalue weighted by atomic mass is 32.2. The lowest BCUT2D eigenvalue weighted by atomic mass is 10.0. The molecule has 0 N–H and O–H groups in total. The standard InChI is InChI=1S/C17H20N2O5S/c20-16-3-1-2-8-19(16)13-4-6-14(7-5-13)25(22,23)18-9-12-11-24-17(21)15(12)10-18/h4-7,12,15H,1-3,8-11H2/t12-,15-/m1/s1. The van der Waals surface area contributed by atoms with Gasteiger partial charge in [-0.2, -0.15) is 4.31 Å². The lowest BCUT2D eigenvalue weighted by Gasteiger charge is -2.27. The molecule has 134 valence electrons. The second-order valence-corrected chi connectivity index (χ2v) is 8.75. The van der Waals surface area contributed by atoms with Crippen molar-refractivity contribution >= 4 is 27.6 Å². The van der Waals surface area contributed by atoms with Gasteiger partial charge in [0.2, 0.25) is 15.9 Å². The molecule has 25 heavy (non-hydrogen) atoms. The van der Waals surface area contributed by atoms with Crippen LogP contribution in [0.15, 0.2) is 29.2 Å². The van der Waals surface area contributed by atoms with E-state index in [2.05, 4.69) is 0 Å². The van der Waals surface area contributed by atoms with E-state index in [4.69, 9.17) is 4.74 Å². The number of hydrogen-bond acceptors (Lipinski definition) is 5. The predicted octanol–water partition coefficient (Wildman–Crippen LogP) is 0.997. The molecule has 3 heterocycles. The van der Waals surface area contributed by atoms with E-state index in [-0.39, 0.29) is 35.2 Å². The average molecular weight is 364 g/mol. The zero-order valence-electron chi connectivity index (χ0n) is 13.8. The maximum atomic E-state index is 12.8. The number of piperidine rings is 1. The number of rotatable bonds is 3. The molecule has 0 aliphatic carbocycles. The molecular weight excluding hydrogens is 344 g/mol. The first-order chi connectivity index (χ1) is 12.0. The van der Waals surface area contributed by atoms with Crippen molar-refractivity contribution in [2.45, 2.75) is 24.2 Å². The summed E-state index contributed by atoms with van der Waals surface area (Å²) in [5.74, 6) is -0.623. The first kappa shape index (κ1) is 16.5. The van der Waals surface area contributed by atoms with E-state index in [0.29, 0.717) is 26.1 Å².